The lowest BCUT2D eigenvalue weighted by atomic mass is 10.2. The standard InChI is InChI=1S/C19H19Cl2N3O2/c1-12(19(26)23-17-8-7-13(20)10-16(17)21)22-14-4-2-5-15(11-14)24-9-3-6-18(24)25/h2,4-5,7-8,10-12,22H,3,6,9H2,1H3,(H,23,26). The molecule has 136 valence electrons. The Balaban J connectivity index is 1.66. The summed E-state index contributed by atoms with van der Waals surface area (Å²) in [7, 11) is 0. The number of nitrogens with zero attached hydrogens (tertiary/aromatic N) is 1. The minimum Gasteiger partial charge on any atom is -0.374 e. The highest BCUT2D eigenvalue weighted by Crippen LogP contribution is 2.26. The third-order valence-electron chi connectivity index (χ3n) is 4.20. The van der Waals surface area contributed by atoms with Crippen LogP contribution in [0.5, 0.6) is 0 Å². The van der Waals surface area contributed by atoms with E-state index in [4.69, 9.17) is 23.2 Å². The quantitative estimate of drug-likeness (QED) is 0.784. The van der Waals surface area contributed by atoms with Gasteiger partial charge >= 0.3 is 0 Å². The van der Waals surface area contributed by atoms with E-state index in [9.17, 15) is 9.59 Å². The summed E-state index contributed by atoms with van der Waals surface area (Å²) in [6, 6.07) is 11.9. The van der Waals surface area contributed by atoms with Crippen LogP contribution in [-0.2, 0) is 9.59 Å². The van der Waals surface area contributed by atoms with Crippen LogP contribution >= 0.6 is 23.2 Å². The van der Waals surface area contributed by atoms with Gasteiger partial charge in [-0.3, -0.25) is 9.59 Å². The number of amides is 2. The molecule has 3 rings (SSSR count). The molecule has 1 aliphatic heterocycles. The molecule has 0 bridgehead atoms. The van der Waals surface area contributed by atoms with Gasteiger partial charge in [0.25, 0.3) is 0 Å². The Bertz CT molecular complexity index is 841. The van der Waals surface area contributed by atoms with Crippen LogP contribution in [0.2, 0.25) is 10.0 Å². The Hall–Kier alpha value is -2.24. The number of carbonyl (C=O) groups excluding carboxylic acids is 2. The van der Waals surface area contributed by atoms with Crippen LogP contribution < -0.4 is 15.5 Å². The average Bonchev–Trinajstić information content (AvgIpc) is 3.03. The summed E-state index contributed by atoms with van der Waals surface area (Å²) in [4.78, 5) is 26.1. The van der Waals surface area contributed by atoms with E-state index in [1.54, 1.807) is 30.0 Å². The summed E-state index contributed by atoms with van der Waals surface area (Å²) in [5, 5.41) is 6.82. The zero-order valence-electron chi connectivity index (χ0n) is 14.3. The zero-order valence-corrected chi connectivity index (χ0v) is 15.8. The van der Waals surface area contributed by atoms with E-state index in [0.29, 0.717) is 22.2 Å². The van der Waals surface area contributed by atoms with Crippen molar-refractivity contribution >= 4 is 52.1 Å². The van der Waals surface area contributed by atoms with E-state index < -0.39 is 6.04 Å². The molecule has 0 spiro atoms. The maximum atomic E-state index is 12.4. The van der Waals surface area contributed by atoms with E-state index in [2.05, 4.69) is 10.6 Å². The monoisotopic (exact) mass is 391 g/mol. The van der Waals surface area contributed by atoms with Gasteiger partial charge in [-0.1, -0.05) is 29.3 Å². The Morgan fingerprint density at radius 1 is 1.19 bits per heavy atom. The second kappa shape index (κ2) is 7.98. The van der Waals surface area contributed by atoms with Crippen molar-refractivity contribution in [1.29, 1.82) is 0 Å². The smallest absolute Gasteiger partial charge is 0.246 e. The van der Waals surface area contributed by atoms with Gasteiger partial charge in [0.2, 0.25) is 11.8 Å². The first-order valence-corrected chi connectivity index (χ1v) is 9.12. The van der Waals surface area contributed by atoms with E-state index in [1.807, 2.05) is 24.3 Å². The Kier molecular flexibility index (Phi) is 5.69. The van der Waals surface area contributed by atoms with Crippen LogP contribution in [-0.4, -0.2) is 24.4 Å². The van der Waals surface area contributed by atoms with Gasteiger partial charge in [0.1, 0.15) is 6.04 Å². The van der Waals surface area contributed by atoms with Gasteiger partial charge in [0.05, 0.1) is 10.7 Å². The molecule has 0 aromatic heterocycles. The molecule has 2 aromatic rings. The minimum absolute atomic E-state index is 0.130. The van der Waals surface area contributed by atoms with Crippen molar-refractivity contribution in [2.24, 2.45) is 0 Å². The first-order chi connectivity index (χ1) is 12.4. The molecular formula is C19H19Cl2N3O2. The SMILES string of the molecule is CC(Nc1cccc(N2CCCC2=O)c1)C(=O)Nc1ccc(Cl)cc1Cl. The van der Waals surface area contributed by atoms with Crippen LogP contribution in [0.3, 0.4) is 0 Å². The third kappa shape index (κ3) is 4.29. The largest absolute Gasteiger partial charge is 0.374 e. The topological polar surface area (TPSA) is 61.4 Å². The van der Waals surface area contributed by atoms with E-state index in [1.165, 1.54) is 0 Å². The Morgan fingerprint density at radius 3 is 2.69 bits per heavy atom. The molecule has 26 heavy (non-hydrogen) atoms. The van der Waals surface area contributed by atoms with E-state index >= 15 is 0 Å². The fraction of sp³-hybridized carbons (Fsp3) is 0.263. The fourth-order valence-electron chi connectivity index (χ4n) is 2.83. The first kappa shape index (κ1) is 18.5. The normalized spacial score (nSPS) is 15.0. The van der Waals surface area contributed by atoms with Crippen molar-refractivity contribution in [2.45, 2.75) is 25.8 Å². The molecule has 1 heterocycles. The molecule has 2 aromatic carbocycles. The summed E-state index contributed by atoms with van der Waals surface area (Å²) >= 11 is 12.0. The van der Waals surface area contributed by atoms with Gasteiger partial charge in [0.15, 0.2) is 0 Å². The summed E-state index contributed by atoms with van der Waals surface area (Å²) in [5.74, 6) is -0.0952. The molecule has 2 amide bonds. The lowest BCUT2D eigenvalue weighted by Crippen LogP contribution is -2.32. The summed E-state index contributed by atoms with van der Waals surface area (Å²) in [6.07, 6.45) is 1.45. The predicted octanol–water partition coefficient (Wildman–Crippen LogP) is 4.56. The highest BCUT2D eigenvalue weighted by molar-refractivity contribution is 6.36. The van der Waals surface area contributed by atoms with Gasteiger partial charge in [-0.15, -0.1) is 0 Å². The number of rotatable bonds is 5. The molecule has 1 atom stereocenters. The van der Waals surface area contributed by atoms with Gasteiger partial charge in [-0.05, 0) is 49.7 Å². The molecule has 7 heteroatoms. The van der Waals surface area contributed by atoms with Gasteiger partial charge < -0.3 is 15.5 Å². The molecule has 5 nitrogen and oxygen atoms in total. The van der Waals surface area contributed by atoms with Crippen molar-refractivity contribution in [3.8, 4) is 0 Å². The molecule has 1 unspecified atom stereocenters. The predicted molar refractivity (Wildman–Crippen MR) is 106 cm³/mol. The van der Waals surface area contributed by atoms with Crippen LogP contribution in [0.25, 0.3) is 0 Å². The molecule has 1 saturated heterocycles. The maximum absolute atomic E-state index is 12.4. The number of hydrogen-bond donors (Lipinski definition) is 2. The minimum atomic E-state index is -0.494. The van der Waals surface area contributed by atoms with E-state index in [-0.39, 0.29) is 11.8 Å². The molecule has 1 fully saturated rings. The number of benzene rings is 2. The van der Waals surface area contributed by atoms with Crippen LogP contribution in [0.15, 0.2) is 42.5 Å². The van der Waals surface area contributed by atoms with Crippen molar-refractivity contribution in [2.75, 3.05) is 22.1 Å². The molecule has 2 N–H and O–H groups in total. The second-order valence-corrected chi connectivity index (χ2v) is 7.02. The van der Waals surface area contributed by atoms with Crippen molar-refractivity contribution in [3.63, 3.8) is 0 Å². The van der Waals surface area contributed by atoms with Crippen LogP contribution in [0.1, 0.15) is 19.8 Å². The summed E-state index contributed by atoms with van der Waals surface area (Å²) in [6.45, 7) is 2.49. The van der Waals surface area contributed by atoms with Gasteiger partial charge in [-0.25, -0.2) is 0 Å². The Morgan fingerprint density at radius 2 is 2.00 bits per heavy atom. The number of hydrogen-bond acceptors (Lipinski definition) is 3. The lowest BCUT2D eigenvalue weighted by Gasteiger charge is -2.19. The van der Waals surface area contributed by atoms with Crippen LogP contribution in [0, 0.1) is 0 Å². The van der Waals surface area contributed by atoms with Crippen LogP contribution in [0.4, 0.5) is 17.1 Å². The zero-order chi connectivity index (χ0) is 18.7. The molecule has 1 aliphatic rings. The number of nitrogens with one attached hydrogen (secondary N) is 2. The number of carbonyl (C=O) groups is 2. The first-order valence-electron chi connectivity index (χ1n) is 8.37. The average molecular weight is 392 g/mol. The Labute approximate surface area is 162 Å². The summed E-state index contributed by atoms with van der Waals surface area (Å²) in [5.41, 5.74) is 2.11. The lowest BCUT2D eigenvalue weighted by molar-refractivity contribution is -0.117. The number of anilines is 3. The highest BCUT2D eigenvalue weighted by atomic mass is 35.5. The number of halogens is 2. The fourth-order valence-corrected chi connectivity index (χ4v) is 3.29. The highest BCUT2D eigenvalue weighted by Gasteiger charge is 2.22. The van der Waals surface area contributed by atoms with Gasteiger partial charge in [0, 0.05) is 29.4 Å². The molecule has 0 saturated carbocycles. The summed E-state index contributed by atoms with van der Waals surface area (Å²) < 4.78 is 0. The third-order valence-corrected chi connectivity index (χ3v) is 4.74. The van der Waals surface area contributed by atoms with Crippen molar-refractivity contribution in [1.82, 2.24) is 0 Å². The van der Waals surface area contributed by atoms with Crippen molar-refractivity contribution in [3.05, 3.63) is 52.5 Å². The molecule has 0 aliphatic carbocycles. The molecule has 0 radical (unpaired) electrons. The van der Waals surface area contributed by atoms with Crippen molar-refractivity contribution < 1.29 is 9.59 Å². The van der Waals surface area contributed by atoms with Gasteiger partial charge in [-0.2, -0.15) is 0 Å². The second-order valence-electron chi connectivity index (χ2n) is 6.18. The maximum Gasteiger partial charge on any atom is 0.246 e. The van der Waals surface area contributed by atoms with E-state index in [0.717, 1.165) is 24.3 Å². The molecular weight excluding hydrogens is 373 g/mol.